The molecule has 0 saturated carbocycles. The molecule has 0 aromatic heterocycles. The molecule has 50 valence electrons. The Bertz CT molecular complexity index is 213. The fourth-order valence-electron chi connectivity index (χ4n) is 0.784. The maximum atomic E-state index is 4.00. The van der Waals surface area contributed by atoms with Gasteiger partial charge in [-0.3, -0.25) is 0 Å². The van der Waals surface area contributed by atoms with E-state index in [1.54, 1.807) is 0 Å². The first-order chi connectivity index (χ1) is 4.84. The quantitative estimate of drug-likeness (QED) is 0.629. The first-order valence-corrected chi connectivity index (χ1v) is 6.41. The second kappa shape index (κ2) is 3.62. The Morgan fingerprint density at radius 1 is 1.30 bits per heavy atom. The van der Waals surface area contributed by atoms with Gasteiger partial charge in [0.25, 0.3) is 0 Å². The molecule has 0 nitrogen and oxygen atoms in total. The first-order valence-electron chi connectivity index (χ1n) is 3.26. The first kappa shape index (κ1) is 7.61. The molecule has 1 aromatic carbocycles. The van der Waals surface area contributed by atoms with E-state index in [1.807, 2.05) is 6.07 Å². The molecule has 0 heterocycles. The summed E-state index contributed by atoms with van der Waals surface area (Å²) in [6.07, 6.45) is 0. The van der Waals surface area contributed by atoms with Crippen molar-refractivity contribution in [1.82, 2.24) is 0 Å². The van der Waals surface area contributed by atoms with Gasteiger partial charge in [-0.15, -0.1) is 0 Å². The van der Waals surface area contributed by atoms with Gasteiger partial charge >= 0.3 is 68.1 Å². The molecule has 0 atom stereocenters. The minimum absolute atomic E-state index is 0.0543. The predicted octanol–water partition coefficient (Wildman–Crippen LogP) is 2.41. The molecule has 0 aliphatic rings. The minimum atomic E-state index is 0.0543. The molecule has 0 fully saturated rings. The van der Waals surface area contributed by atoms with Gasteiger partial charge in [0.05, 0.1) is 0 Å². The van der Waals surface area contributed by atoms with E-state index in [2.05, 4.69) is 36.6 Å². The van der Waals surface area contributed by atoms with Crippen LogP contribution in [0.1, 0.15) is 5.56 Å². The molecule has 0 N–H and O–H groups in total. The third kappa shape index (κ3) is 1.74. The van der Waals surface area contributed by atoms with Crippen LogP contribution in [-0.2, 0) is 0 Å². The topological polar surface area (TPSA) is 0 Å². The van der Waals surface area contributed by atoms with Crippen LogP contribution in [0.5, 0.6) is 0 Å². The summed E-state index contributed by atoms with van der Waals surface area (Å²) in [6, 6.07) is 10.4. The van der Waals surface area contributed by atoms with Gasteiger partial charge in [0, 0.05) is 0 Å². The van der Waals surface area contributed by atoms with Crippen LogP contribution < -0.4 is 0 Å². The summed E-state index contributed by atoms with van der Waals surface area (Å²) >= 11 is 0.0543. The summed E-state index contributed by atoms with van der Waals surface area (Å²) in [5, 5.41) is 0. The van der Waals surface area contributed by atoms with Gasteiger partial charge in [-0.1, -0.05) is 0 Å². The summed E-state index contributed by atoms with van der Waals surface area (Å²) in [6.45, 7) is 4.00. The van der Waals surface area contributed by atoms with E-state index in [9.17, 15) is 0 Å². The van der Waals surface area contributed by atoms with Crippen molar-refractivity contribution in [3.05, 3.63) is 42.5 Å². The SMILES string of the molecule is C=[C]([Ge][CH3])c1ccccc1. The van der Waals surface area contributed by atoms with Crippen LogP contribution in [0, 0.1) is 0 Å². The average molecular weight is 191 g/mol. The Labute approximate surface area is 68.4 Å². The van der Waals surface area contributed by atoms with Crippen molar-refractivity contribution >= 4 is 19.8 Å². The van der Waals surface area contributed by atoms with E-state index >= 15 is 0 Å². The molecule has 0 bridgehead atoms. The van der Waals surface area contributed by atoms with Gasteiger partial charge < -0.3 is 0 Å². The van der Waals surface area contributed by atoms with Crippen LogP contribution in [0.4, 0.5) is 0 Å². The van der Waals surface area contributed by atoms with Crippen LogP contribution in [0.25, 0.3) is 4.41 Å². The normalized spacial score (nSPS) is 9.30. The molecule has 0 aliphatic carbocycles. The molecular formula is C9H10Ge. The van der Waals surface area contributed by atoms with E-state index in [4.69, 9.17) is 0 Å². The summed E-state index contributed by atoms with van der Waals surface area (Å²) in [5.41, 5.74) is 1.31. The van der Waals surface area contributed by atoms with Gasteiger partial charge in [0.2, 0.25) is 0 Å². The molecule has 1 aromatic rings. The fraction of sp³-hybridized carbons (Fsp3) is 0.111. The van der Waals surface area contributed by atoms with Crippen LogP contribution in [0.2, 0.25) is 5.76 Å². The van der Waals surface area contributed by atoms with Crippen molar-refractivity contribution in [3.8, 4) is 0 Å². The molecule has 2 radical (unpaired) electrons. The Morgan fingerprint density at radius 2 is 1.90 bits per heavy atom. The second-order valence-corrected chi connectivity index (χ2v) is 4.41. The third-order valence-electron chi connectivity index (χ3n) is 1.42. The molecule has 1 heteroatoms. The predicted molar refractivity (Wildman–Crippen MR) is 47.1 cm³/mol. The number of rotatable bonds is 2. The molecule has 0 aliphatic heterocycles. The molecule has 0 unspecified atom stereocenters. The Morgan fingerprint density at radius 3 is 2.40 bits per heavy atom. The van der Waals surface area contributed by atoms with Gasteiger partial charge in [-0.05, 0) is 0 Å². The zero-order chi connectivity index (χ0) is 7.40. The van der Waals surface area contributed by atoms with Crippen molar-refractivity contribution in [2.45, 2.75) is 5.76 Å². The third-order valence-corrected chi connectivity index (χ3v) is 3.30. The van der Waals surface area contributed by atoms with E-state index < -0.39 is 0 Å². The van der Waals surface area contributed by atoms with Crippen LogP contribution >= 0.6 is 0 Å². The number of benzene rings is 1. The molecular weight excluding hydrogens is 181 g/mol. The average Bonchev–Trinajstić information content (AvgIpc) is 2.05. The fourth-order valence-corrected chi connectivity index (χ4v) is 1.74. The maximum absolute atomic E-state index is 4.00. The van der Waals surface area contributed by atoms with Crippen LogP contribution in [0.15, 0.2) is 36.9 Å². The van der Waals surface area contributed by atoms with Crippen molar-refractivity contribution in [2.24, 2.45) is 0 Å². The monoisotopic (exact) mass is 192 g/mol. The van der Waals surface area contributed by atoms with Crippen LogP contribution in [0.3, 0.4) is 0 Å². The summed E-state index contributed by atoms with van der Waals surface area (Å²) in [4.78, 5) is 0. The molecule has 0 saturated heterocycles. The Balaban J connectivity index is 2.85. The summed E-state index contributed by atoms with van der Waals surface area (Å²) < 4.78 is 1.33. The van der Waals surface area contributed by atoms with Gasteiger partial charge in [0.15, 0.2) is 0 Å². The standard InChI is InChI=1S/C9H10Ge/c1-8(10-2)9-6-4-3-5-7-9/h3-7H,1H2,2H3. The number of hydrogen-bond acceptors (Lipinski definition) is 0. The zero-order valence-electron chi connectivity index (χ0n) is 6.09. The summed E-state index contributed by atoms with van der Waals surface area (Å²) in [7, 11) is 0. The van der Waals surface area contributed by atoms with Crippen molar-refractivity contribution in [1.29, 1.82) is 0 Å². The van der Waals surface area contributed by atoms with E-state index in [0.29, 0.717) is 0 Å². The van der Waals surface area contributed by atoms with Crippen LogP contribution in [-0.4, -0.2) is 15.4 Å². The second-order valence-electron chi connectivity index (χ2n) is 2.09. The molecule has 0 spiro atoms. The Kier molecular flexibility index (Phi) is 2.75. The van der Waals surface area contributed by atoms with Gasteiger partial charge in [-0.25, -0.2) is 0 Å². The van der Waals surface area contributed by atoms with Crippen molar-refractivity contribution in [3.63, 3.8) is 0 Å². The molecule has 10 heavy (non-hydrogen) atoms. The Hall–Kier alpha value is -0.497. The van der Waals surface area contributed by atoms with Crippen molar-refractivity contribution < 1.29 is 0 Å². The van der Waals surface area contributed by atoms with E-state index in [0.717, 1.165) is 0 Å². The van der Waals surface area contributed by atoms with E-state index in [1.165, 1.54) is 9.97 Å². The van der Waals surface area contributed by atoms with Crippen molar-refractivity contribution in [2.75, 3.05) is 0 Å². The molecule has 0 amide bonds. The van der Waals surface area contributed by atoms with Gasteiger partial charge in [0.1, 0.15) is 0 Å². The van der Waals surface area contributed by atoms with Gasteiger partial charge in [-0.2, -0.15) is 0 Å². The van der Waals surface area contributed by atoms with E-state index in [-0.39, 0.29) is 15.4 Å². The molecule has 1 rings (SSSR count). The number of hydrogen-bond donors (Lipinski definition) is 0. The summed E-state index contributed by atoms with van der Waals surface area (Å²) in [5.74, 6) is 2.25. The zero-order valence-corrected chi connectivity index (χ0v) is 8.19.